The molecule has 2 aromatic rings. The van der Waals surface area contributed by atoms with E-state index in [-0.39, 0.29) is 12.4 Å². The summed E-state index contributed by atoms with van der Waals surface area (Å²) in [5, 5.41) is 16.1. The number of carboxylic acids is 1. The van der Waals surface area contributed by atoms with Gasteiger partial charge in [-0.3, -0.25) is 4.79 Å². The molecule has 128 valence electrons. The summed E-state index contributed by atoms with van der Waals surface area (Å²) >= 11 is 12.3. The number of halogens is 2. The molecule has 0 aliphatic carbocycles. The van der Waals surface area contributed by atoms with Crippen LogP contribution in [0.3, 0.4) is 0 Å². The van der Waals surface area contributed by atoms with Gasteiger partial charge in [0.2, 0.25) is 5.82 Å². The first-order valence-electron chi connectivity index (χ1n) is 6.77. The number of aromatic nitrogens is 3. The molecule has 0 saturated carbocycles. The van der Waals surface area contributed by atoms with E-state index in [0.29, 0.717) is 21.6 Å². The van der Waals surface area contributed by atoms with E-state index >= 15 is 0 Å². The lowest BCUT2D eigenvalue weighted by Crippen LogP contribution is -2.38. The fraction of sp³-hybridized carbons (Fsp3) is 0.286. The van der Waals surface area contributed by atoms with Gasteiger partial charge in [-0.2, -0.15) is 0 Å². The van der Waals surface area contributed by atoms with Crippen LogP contribution < -0.4 is 5.32 Å². The summed E-state index contributed by atoms with van der Waals surface area (Å²) < 4.78 is 6.08. The highest BCUT2D eigenvalue weighted by molar-refractivity contribution is 6.37. The third kappa shape index (κ3) is 3.84. The Kier molecular flexibility index (Phi) is 5.76. The third-order valence-corrected chi connectivity index (χ3v) is 3.74. The molecule has 1 aromatic heterocycles. The Balaban J connectivity index is 2.22. The molecule has 1 atom stereocenters. The van der Waals surface area contributed by atoms with E-state index in [0.717, 1.165) is 0 Å². The Hall–Kier alpha value is -2.16. The van der Waals surface area contributed by atoms with E-state index < -0.39 is 18.0 Å². The van der Waals surface area contributed by atoms with Crippen LogP contribution in [0, 0.1) is 6.92 Å². The van der Waals surface area contributed by atoms with Gasteiger partial charge in [0, 0.05) is 7.11 Å². The molecule has 2 rings (SSSR count). The fourth-order valence-corrected chi connectivity index (χ4v) is 2.48. The van der Waals surface area contributed by atoms with E-state index in [4.69, 9.17) is 33.0 Å². The first-order chi connectivity index (χ1) is 11.3. The molecule has 1 aromatic carbocycles. The van der Waals surface area contributed by atoms with Crippen LogP contribution in [-0.2, 0) is 9.53 Å². The highest BCUT2D eigenvalue weighted by Crippen LogP contribution is 2.28. The number of nitrogens with zero attached hydrogens (tertiary/aromatic N) is 3. The molecule has 0 radical (unpaired) electrons. The molecular weight excluding hydrogens is 359 g/mol. The zero-order chi connectivity index (χ0) is 17.9. The van der Waals surface area contributed by atoms with Crippen molar-refractivity contribution in [2.45, 2.75) is 13.0 Å². The molecular formula is C14H14Cl2N4O4. The molecule has 24 heavy (non-hydrogen) atoms. The number of amides is 1. The second-order valence-electron chi connectivity index (χ2n) is 4.74. The predicted molar refractivity (Wildman–Crippen MR) is 86.9 cm³/mol. The lowest BCUT2D eigenvalue weighted by molar-refractivity contribution is -0.148. The van der Waals surface area contributed by atoms with E-state index in [1.165, 1.54) is 11.8 Å². The van der Waals surface area contributed by atoms with Crippen molar-refractivity contribution in [2.75, 3.05) is 13.7 Å². The van der Waals surface area contributed by atoms with Crippen molar-refractivity contribution in [3.05, 3.63) is 39.9 Å². The predicted octanol–water partition coefficient (Wildman–Crippen LogP) is 1.71. The highest BCUT2D eigenvalue weighted by atomic mass is 35.5. The number of benzene rings is 1. The number of carbonyl (C=O) groups is 2. The van der Waals surface area contributed by atoms with Crippen molar-refractivity contribution >= 4 is 35.1 Å². The minimum atomic E-state index is -1.18. The molecule has 0 fully saturated rings. The number of hydrogen-bond donors (Lipinski definition) is 2. The van der Waals surface area contributed by atoms with Gasteiger partial charge in [0.1, 0.15) is 11.5 Å². The molecule has 1 unspecified atom stereocenters. The zero-order valence-electron chi connectivity index (χ0n) is 12.8. The quantitative estimate of drug-likeness (QED) is 0.799. The fourth-order valence-electron chi connectivity index (χ4n) is 1.93. The van der Waals surface area contributed by atoms with Gasteiger partial charge in [-0.25, -0.2) is 14.5 Å². The topological polar surface area (TPSA) is 106 Å². The number of ether oxygens (including phenoxy) is 1. The van der Waals surface area contributed by atoms with Crippen LogP contribution in [0.5, 0.6) is 0 Å². The van der Waals surface area contributed by atoms with Gasteiger partial charge in [-0.1, -0.05) is 29.3 Å². The van der Waals surface area contributed by atoms with Crippen molar-refractivity contribution in [3.8, 4) is 5.69 Å². The second kappa shape index (κ2) is 7.61. The molecule has 0 saturated heterocycles. The number of aryl methyl sites for hydroxylation is 1. The molecule has 0 aliphatic heterocycles. The molecule has 0 spiro atoms. The number of carboxylic acid groups (broad SMARTS) is 1. The van der Waals surface area contributed by atoms with Gasteiger partial charge >= 0.3 is 5.97 Å². The maximum atomic E-state index is 12.1. The largest absolute Gasteiger partial charge is 0.479 e. The molecule has 2 N–H and O–H groups in total. The summed E-state index contributed by atoms with van der Waals surface area (Å²) in [6.45, 7) is 1.42. The first-order valence-corrected chi connectivity index (χ1v) is 7.52. The van der Waals surface area contributed by atoms with Gasteiger partial charge in [0.15, 0.2) is 6.10 Å². The van der Waals surface area contributed by atoms with Gasteiger partial charge in [-0.05, 0) is 19.1 Å². The Labute approximate surface area is 147 Å². The number of hydrogen-bond acceptors (Lipinski definition) is 5. The summed E-state index contributed by atoms with van der Waals surface area (Å²) in [7, 11) is 1.24. The van der Waals surface area contributed by atoms with Crippen LogP contribution in [0.2, 0.25) is 10.0 Å². The Morgan fingerprint density at radius 3 is 2.54 bits per heavy atom. The van der Waals surface area contributed by atoms with Crippen LogP contribution >= 0.6 is 23.2 Å². The highest BCUT2D eigenvalue weighted by Gasteiger charge is 2.21. The average Bonchev–Trinajstić information content (AvgIpc) is 2.89. The van der Waals surface area contributed by atoms with Crippen LogP contribution in [0.1, 0.15) is 16.4 Å². The van der Waals surface area contributed by atoms with Crippen LogP contribution in [0.4, 0.5) is 0 Å². The number of para-hydroxylation sites is 1. The Bertz CT molecular complexity index is 758. The summed E-state index contributed by atoms with van der Waals surface area (Å²) in [5.74, 6) is -1.56. The smallest absolute Gasteiger partial charge is 0.334 e. The molecule has 1 heterocycles. The van der Waals surface area contributed by atoms with E-state index in [1.54, 1.807) is 25.1 Å². The van der Waals surface area contributed by atoms with Gasteiger partial charge in [0.25, 0.3) is 5.91 Å². The first kappa shape index (κ1) is 18.2. The Morgan fingerprint density at radius 2 is 2.00 bits per heavy atom. The summed E-state index contributed by atoms with van der Waals surface area (Å²) in [6, 6.07) is 4.96. The number of rotatable bonds is 6. The van der Waals surface area contributed by atoms with Crippen LogP contribution in [0.25, 0.3) is 5.69 Å². The van der Waals surface area contributed by atoms with Gasteiger partial charge < -0.3 is 15.2 Å². The summed E-state index contributed by atoms with van der Waals surface area (Å²) in [4.78, 5) is 27.0. The maximum Gasteiger partial charge on any atom is 0.334 e. The van der Waals surface area contributed by atoms with Crippen molar-refractivity contribution in [3.63, 3.8) is 0 Å². The number of methoxy groups -OCH3 is 1. The standard InChI is InChI=1S/C14H14Cl2N4O4/c1-7-18-12(13(21)17-6-10(24-2)14(22)23)19-20(7)11-8(15)4-3-5-9(11)16/h3-5,10H,6H2,1-2H3,(H,17,21)(H,22,23). The maximum absolute atomic E-state index is 12.1. The SMILES string of the molecule is COC(CNC(=O)c1nc(C)n(-c2c(Cl)cccc2Cl)n1)C(=O)O. The van der Waals surface area contributed by atoms with Gasteiger partial charge in [0.05, 0.1) is 16.6 Å². The summed E-state index contributed by atoms with van der Waals surface area (Å²) in [6.07, 6.45) is -1.16. The van der Waals surface area contributed by atoms with E-state index in [2.05, 4.69) is 15.4 Å². The molecule has 0 aliphatic rings. The van der Waals surface area contributed by atoms with Gasteiger partial charge in [-0.15, -0.1) is 5.10 Å². The van der Waals surface area contributed by atoms with E-state index in [9.17, 15) is 9.59 Å². The second-order valence-corrected chi connectivity index (χ2v) is 5.55. The molecule has 1 amide bonds. The van der Waals surface area contributed by atoms with Crippen molar-refractivity contribution in [1.29, 1.82) is 0 Å². The van der Waals surface area contributed by atoms with Crippen molar-refractivity contribution in [1.82, 2.24) is 20.1 Å². The van der Waals surface area contributed by atoms with E-state index in [1.807, 2.05) is 0 Å². The lowest BCUT2D eigenvalue weighted by Gasteiger charge is -2.10. The number of nitrogens with one attached hydrogen (secondary N) is 1. The lowest BCUT2D eigenvalue weighted by atomic mass is 10.3. The minimum absolute atomic E-state index is 0.135. The monoisotopic (exact) mass is 372 g/mol. The number of carbonyl (C=O) groups excluding carboxylic acids is 1. The number of aliphatic carboxylic acids is 1. The normalized spacial score (nSPS) is 12.0. The third-order valence-electron chi connectivity index (χ3n) is 3.13. The molecule has 8 nitrogen and oxygen atoms in total. The summed E-state index contributed by atoms with van der Waals surface area (Å²) in [5.41, 5.74) is 0.408. The van der Waals surface area contributed by atoms with Crippen molar-refractivity contribution < 1.29 is 19.4 Å². The zero-order valence-corrected chi connectivity index (χ0v) is 14.3. The average molecular weight is 373 g/mol. The van der Waals surface area contributed by atoms with Crippen LogP contribution in [-0.4, -0.2) is 51.5 Å². The molecule has 10 heteroatoms. The van der Waals surface area contributed by atoms with Crippen LogP contribution in [0.15, 0.2) is 18.2 Å². The Morgan fingerprint density at radius 1 is 1.38 bits per heavy atom. The van der Waals surface area contributed by atoms with Crippen molar-refractivity contribution in [2.24, 2.45) is 0 Å². The minimum Gasteiger partial charge on any atom is -0.479 e. The molecule has 0 bridgehead atoms.